The molecule has 2 aromatic carbocycles. The van der Waals surface area contributed by atoms with E-state index in [9.17, 15) is 8.42 Å². The quantitative estimate of drug-likeness (QED) is 0.833. The van der Waals surface area contributed by atoms with Crippen LogP contribution in [0.4, 0.5) is 0 Å². The summed E-state index contributed by atoms with van der Waals surface area (Å²) in [5, 5.41) is 0. The minimum Gasteiger partial charge on any atom is -0.497 e. The second kappa shape index (κ2) is 7.68. The molecule has 1 N–H and O–H groups in total. The van der Waals surface area contributed by atoms with E-state index in [4.69, 9.17) is 9.47 Å². The summed E-state index contributed by atoms with van der Waals surface area (Å²) in [6.07, 6.45) is 0. The fourth-order valence-corrected chi connectivity index (χ4v) is 3.29. The number of hydrogen-bond acceptors (Lipinski definition) is 4. The van der Waals surface area contributed by atoms with E-state index >= 15 is 0 Å². The standard InChI is InChI=1S/C18H23NO4S/c1-13(2)14-6-9-17(10-7-14)24(20,21)19-12-15-5-8-16(22-3)11-18(15)23-4/h5-11,13,19H,12H2,1-4H3. The minimum absolute atomic E-state index is 0.140. The maximum Gasteiger partial charge on any atom is 0.240 e. The Kier molecular flexibility index (Phi) is 5.85. The number of benzene rings is 2. The van der Waals surface area contributed by atoms with Gasteiger partial charge in [0, 0.05) is 18.2 Å². The van der Waals surface area contributed by atoms with Crippen molar-refractivity contribution in [3.8, 4) is 11.5 Å². The zero-order valence-corrected chi connectivity index (χ0v) is 15.2. The van der Waals surface area contributed by atoms with Crippen molar-refractivity contribution >= 4 is 10.0 Å². The first-order valence-electron chi connectivity index (χ1n) is 7.68. The monoisotopic (exact) mass is 349 g/mol. The van der Waals surface area contributed by atoms with Gasteiger partial charge in [-0.25, -0.2) is 13.1 Å². The van der Waals surface area contributed by atoms with E-state index in [-0.39, 0.29) is 11.4 Å². The van der Waals surface area contributed by atoms with Gasteiger partial charge in [-0.15, -0.1) is 0 Å². The van der Waals surface area contributed by atoms with Gasteiger partial charge in [0.25, 0.3) is 0 Å². The smallest absolute Gasteiger partial charge is 0.240 e. The molecule has 2 rings (SSSR count). The van der Waals surface area contributed by atoms with Crippen LogP contribution in [0.25, 0.3) is 0 Å². The zero-order chi connectivity index (χ0) is 17.7. The lowest BCUT2D eigenvalue weighted by atomic mass is 10.0. The van der Waals surface area contributed by atoms with Crippen LogP contribution in [-0.2, 0) is 16.6 Å². The third-order valence-corrected chi connectivity index (χ3v) is 5.22. The molecule has 0 radical (unpaired) electrons. The summed E-state index contributed by atoms with van der Waals surface area (Å²) >= 11 is 0. The van der Waals surface area contributed by atoms with Crippen LogP contribution in [0.5, 0.6) is 11.5 Å². The molecule has 0 saturated heterocycles. The Bertz CT molecular complexity index is 783. The van der Waals surface area contributed by atoms with E-state index in [0.29, 0.717) is 17.4 Å². The molecule has 0 aliphatic carbocycles. The van der Waals surface area contributed by atoms with Crippen molar-refractivity contribution in [1.29, 1.82) is 0 Å². The van der Waals surface area contributed by atoms with Gasteiger partial charge in [0.2, 0.25) is 10.0 Å². The molecule has 0 fully saturated rings. The van der Waals surface area contributed by atoms with Crippen LogP contribution < -0.4 is 14.2 Å². The van der Waals surface area contributed by atoms with Crippen LogP contribution >= 0.6 is 0 Å². The van der Waals surface area contributed by atoms with E-state index in [1.54, 1.807) is 37.4 Å². The number of hydrogen-bond donors (Lipinski definition) is 1. The van der Waals surface area contributed by atoms with Crippen molar-refractivity contribution in [2.45, 2.75) is 31.2 Å². The van der Waals surface area contributed by atoms with Crippen LogP contribution in [0.1, 0.15) is 30.9 Å². The van der Waals surface area contributed by atoms with Crippen molar-refractivity contribution < 1.29 is 17.9 Å². The second-order valence-corrected chi connectivity index (χ2v) is 7.49. The SMILES string of the molecule is COc1ccc(CNS(=O)(=O)c2ccc(C(C)C)cc2)c(OC)c1. The van der Waals surface area contributed by atoms with Gasteiger partial charge in [-0.1, -0.05) is 32.0 Å². The molecule has 5 nitrogen and oxygen atoms in total. The van der Waals surface area contributed by atoms with Crippen LogP contribution in [0.3, 0.4) is 0 Å². The molecule has 2 aromatic rings. The first-order valence-corrected chi connectivity index (χ1v) is 9.16. The van der Waals surface area contributed by atoms with Crippen molar-refractivity contribution in [3.63, 3.8) is 0 Å². The Balaban J connectivity index is 2.15. The molecular formula is C18H23NO4S. The largest absolute Gasteiger partial charge is 0.497 e. The predicted molar refractivity (Wildman–Crippen MR) is 94.1 cm³/mol. The van der Waals surface area contributed by atoms with Gasteiger partial charge in [0.1, 0.15) is 11.5 Å². The van der Waals surface area contributed by atoms with Gasteiger partial charge in [0.05, 0.1) is 19.1 Å². The summed E-state index contributed by atoms with van der Waals surface area (Å²) in [5.74, 6) is 1.59. The van der Waals surface area contributed by atoms with Crippen molar-refractivity contribution in [2.75, 3.05) is 14.2 Å². The number of nitrogens with one attached hydrogen (secondary N) is 1. The molecule has 0 aromatic heterocycles. The van der Waals surface area contributed by atoms with E-state index in [0.717, 1.165) is 11.1 Å². The Labute approximate surface area is 143 Å². The first kappa shape index (κ1) is 18.3. The van der Waals surface area contributed by atoms with Crippen LogP contribution in [0, 0.1) is 0 Å². The average molecular weight is 349 g/mol. The molecule has 0 bridgehead atoms. The van der Waals surface area contributed by atoms with E-state index in [1.165, 1.54) is 7.11 Å². The molecular weight excluding hydrogens is 326 g/mol. The Morgan fingerprint density at radius 3 is 2.21 bits per heavy atom. The topological polar surface area (TPSA) is 64.6 Å². The third-order valence-electron chi connectivity index (χ3n) is 3.80. The number of rotatable bonds is 7. The lowest BCUT2D eigenvalue weighted by molar-refractivity contribution is 0.390. The van der Waals surface area contributed by atoms with E-state index in [2.05, 4.69) is 18.6 Å². The predicted octanol–water partition coefficient (Wildman–Crippen LogP) is 3.31. The van der Waals surface area contributed by atoms with Gasteiger partial charge >= 0.3 is 0 Å². The van der Waals surface area contributed by atoms with Gasteiger partial charge in [-0.3, -0.25) is 0 Å². The fraction of sp³-hybridized carbons (Fsp3) is 0.333. The normalized spacial score (nSPS) is 11.5. The molecule has 0 amide bonds. The summed E-state index contributed by atoms with van der Waals surface area (Å²) in [6.45, 7) is 4.27. The highest BCUT2D eigenvalue weighted by molar-refractivity contribution is 7.89. The molecule has 130 valence electrons. The van der Waals surface area contributed by atoms with E-state index in [1.807, 2.05) is 12.1 Å². The molecule has 0 spiro atoms. The summed E-state index contributed by atoms with van der Waals surface area (Å²) in [4.78, 5) is 0.249. The maximum absolute atomic E-state index is 12.4. The average Bonchev–Trinajstić information content (AvgIpc) is 2.59. The van der Waals surface area contributed by atoms with Crippen LogP contribution in [0.15, 0.2) is 47.4 Å². The minimum atomic E-state index is -3.58. The Morgan fingerprint density at radius 2 is 1.67 bits per heavy atom. The summed E-state index contributed by atoms with van der Waals surface area (Å²) in [5.41, 5.74) is 1.84. The molecule has 0 unspecified atom stereocenters. The lowest BCUT2D eigenvalue weighted by Gasteiger charge is -2.12. The molecule has 24 heavy (non-hydrogen) atoms. The summed E-state index contributed by atoms with van der Waals surface area (Å²) < 4.78 is 37.9. The van der Waals surface area contributed by atoms with Crippen LogP contribution in [0.2, 0.25) is 0 Å². The molecule has 6 heteroatoms. The summed E-state index contributed by atoms with van der Waals surface area (Å²) in [6, 6.07) is 12.2. The van der Waals surface area contributed by atoms with Gasteiger partial charge in [-0.2, -0.15) is 0 Å². The van der Waals surface area contributed by atoms with Gasteiger partial charge in [0.15, 0.2) is 0 Å². The fourth-order valence-electron chi connectivity index (χ4n) is 2.29. The Hall–Kier alpha value is -2.05. The Morgan fingerprint density at radius 1 is 1.00 bits per heavy atom. The number of sulfonamides is 1. The zero-order valence-electron chi connectivity index (χ0n) is 14.4. The molecule has 0 aliphatic rings. The second-order valence-electron chi connectivity index (χ2n) is 5.73. The van der Waals surface area contributed by atoms with Gasteiger partial charge in [-0.05, 0) is 29.7 Å². The van der Waals surface area contributed by atoms with Crippen molar-refractivity contribution in [2.24, 2.45) is 0 Å². The summed E-state index contributed by atoms with van der Waals surface area (Å²) in [7, 11) is -0.472. The number of ether oxygens (including phenoxy) is 2. The number of methoxy groups -OCH3 is 2. The highest BCUT2D eigenvalue weighted by atomic mass is 32.2. The molecule has 0 atom stereocenters. The highest BCUT2D eigenvalue weighted by Gasteiger charge is 2.15. The van der Waals surface area contributed by atoms with E-state index < -0.39 is 10.0 Å². The molecule has 0 aliphatic heterocycles. The van der Waals surface area contributed by atoms with Crippen LogP contribution in [-0.4, -0.2) is 22.6 Å². The third kappa shape index (κ3) is 4.27. The molecule has 0 heterocycles. The maximum atomic E-state index is 12.4. The molecule has 0 saturated carbocycles. The van der Waals surface area contributed by atoms with Crippen molar-refractivity contribution in [1.82, 2.24) is 4.72 Å². The highest BCUT2D eigenvalue weighted by Crippen LogP contribution is 2.25. The van der Waals surface area contributed by atoms with Gasteiger partial charge < -0.3 is 9.47 Å². The lowest BCUT2D eigenvalue weighted by Crippen LogP contribution is -2.23. The van der Waals surface area contributed by atoms with Crippen molar-refractivity contribution in [3.05, 3.63) is 53.6 Å². The first-order chi connectivity index (χ1) is 11.4.